The number of aliphatic hydroxyl groups is 1. The summed E-state index contributed by atoms with van der Waals surface area (Å²) in [4.78, 5) is 13.9. The molecule has 0 bridgehead atoms. The van der Waals surface area contributed by atoms with E-state index >= 15 is 0 Å². The molecule has 0 aliphatic rings. The number of rotatable bonds is 6. The molecule has 0 fully saturated rings. The van der Waals surface area contributed by atoms with Gasteiger partial charge in [0.15, 0.2) is 5.96 Å². The first-order valence-corrected chi connectivity index (χ1v) is 10.5. The number of aliphatic hydroxyl groups excluding tert-OH is 1. The lowest BCUT2D eigenvalue weighted by Crippen LogP contribution is -2.38. The van der Waals surface area contributed by atoms with E-state index < -0.39 is 6.10 Å². The van der Waals surface area contributed by atoms with Crippen LogP contribution in [0.25, 0.3) is 15.9 Å². The molecule has 3 heterocycles. The number of nitrogens with zero attached hydrogens (tertiary/aromatic N) is 4. The van der Waals surface area contributed by atoms with E-state index in [-0.39, 0.29) is 24.0 Å². The van der Waals surface area contributed by atoms with Crippen LogP contribution >= 0.6 is 35.3 Å². The zero-order valence-corrected chi connectivity index (χ0v) is 20.5. The smallest absolute Gasteiger partial charge is 0.191 e. The van der Waals surface area contributed by atoms with Gasteiger partial charge in [-0.1, -0.05) is 24.3 Å². The minimum atomic E-state index is -0.597. The zero-order chi connectivity index (χ0) is 20.9. The minimum Gasteiger partial charge on any atom is -0.386 e. The second-order valence-corrected chi connectivity index (χ2v) is 7.99. The van der Waals surface area contributed by atoms with Crippen molar-refractivity contribution < 1.29 is 5.11 Å². The average molecular weight is 548 g/mol. The second kappa shape index (κ2) is 10.7. The highest BCUT2D eigenvalue weighted by Gasteiger charge is 2.12. The predicted molar refractivity (Wildman–Crippen MR) is 136 cm³/mol. The zero-order valence-electron chi connectivity index (χ0n) is 17.3. The molecule has 4 aromatic rings. The summed E-state index contributed by atoms with van der Waals surface area (Å²) in [5, 5.41) is 18.1. The van der Waals surface area contributed by atoms with Gasteiger partial charge in [0.2, 0.25) is 0 Å². The Morgan fingerprint density at radius 2 is 2.03 bits per heavy atom. The molecule has 3 N–H and O–H groups in total. The summed E-state index contributed by atoms with van der Waals surface area (Å²) in [6.07, 6.45) is 4.89. The quantitative estimate of drug-likeness (QED) is 0.194. The molecule has 0 saturated heterocycles. The van der Waals surface area contributed by atoms with E-state index in [1.54, 1.807) is 24.6 Å². The maximum atomic E-state index is 10.5. The highest BCUT2D eigenvalue weighted by Crippen LogP contribution is 2.29. The van der Waals surface area contributed by atoms with Crippen molar-refractivity contribution >= 4 is 51.4 Å². The average Bonchev–Trinajstić information content (AvgIpc) is 3.40. The number of imidazole rings is 1. The molecule has 0 aliphatic heterocycles. The summed E-state index contributed by atoms with van der Waals surface area (Å²) >= 11 is 1.61. The molecule has 9 heteroatoms. The Morgan fingerprint density at radius 3 is 2.71 bits per heavy atom. The Bertz CT molecular complexity index is 1120. The molecular weight excluding hydrogens is 523 g/mol. The van der Waals surface area contributed by atoms with E-state index in [9.17, 15) is 5.11 Å². The van der Waals surface area contributed by atoms with Gasteiger partial charge in [0, 0.05) is 48.3 Å². The number of guanidine groups is 1. The first kappa shape index (κ1) is 23.2. The van der Waals surface area contributed by atoms with Crippen molar-refractivity contribution in [2.24, 2.45) is 4.99 Å². The van der Waals surface area contributed by atoms with E-state index in [1.807, 2.05) is 54.2 Å². The number of hydrogen-bond donors (Lipinski definition) is 3. The van der Waals surface area contributed by atoms with Crippen LogP contribution in [-0.4, -0.2) is 39.2 Å². The largest absolute Gasteiger partial charge is 0.386 e. The Morgan fingerprint density at radius 1 is 1.19 bits per heavy atom. The SMILES string of the molecule is CN=C(NCc1ccc(-n2ccnc2C)nc1)NCC(O)c1cc2ccccc2s1.I. The van der Waals surface area contributed by atoms with Gasteiger partial charge in [-0.25, -0.2) is 9.97 Å². The van der Waals surface area contributed by atoms with Crippen molar-refractivity contribution in [1.82, 2.24) is 25.2 Å². The van der Waals surface area contributed by atoms with Crippen LogP contribution in [0.4, 0.5) is 0 Å². The number of halogens is 1. The van der Waals surface area contributed by atoms with E-state index in [2.05, 4.69) is 37.7 Å². The molecule has 1 atom stereocenters. The fourth-order valence-corrected chi connectivity index (χ4v) is 4.20. The van der Waals surface area contributed by atoms with Crippen LogP contribution in [0, 0.1) is 6.92 Å². The van der Waals surface area contributed by atoms with E-state index in [0.29, 0.717) is 19.0 Å². The Balaban J connectivity index is 0.00000272. The van der Waals surface area contributed by atoms with Crippen molar-refractivity contribution in [3.05, 3.63) is 77.3 Å². The summed E-state index contributed by atoms with van der Waals surface area (Å²) < 4.78 is 3.11. The Labute approximate surface area is 202 Å². The van der Waals surface area contributed by atoms with Crippen LogP contribution in [0.2, 0.25) is 0 Å². The number of pyridine rings is 1. The van der Waals surface area contributed by atoms with E-state index in [1.165, 1.54) is 4.70 Å². The standard InChI is InChI=1S/C22H24N6OS.HI/c1-15-24-9-10-28(15)21-8-7-16(12-25-21)13-26-22(23-2)27-14-18(29)20-11-17-5-3-4-6-19(17)30-20;/h3-12,18,29H,13-14H2,1-2H3,(H2,23,26,27);1H. The molecule has 0 radical (unpaired) electrons. The van der Waals surface area contributed by atoms with Gasteiger partial charge in [-0.15, -0.1) is 35.3 Å². The number of aryl methyl sites for hydroxylation is 1. The van der Waals surface area contributed by atoms with Crippen LogP contribution in [0.1, 0.15) is 22.4 Å². The van der Waals surface area contributed by atoms with Crippen LogP contribution in [0.3, 0.4) is 0 Å². The van der Waals surface area contributed by atoms with Crippen molar-refractivity contribution in [1.29, 1.82) is 0 Å². The molecule has 0 saturated carbocycles. The van der Waals surface area contributed by atoms with Gasteiger partial charge in [-0.05, 0) is 36.1 Å². The number of thiophene rings is 1. The summed E-state index contributed by atoms with van der Waals surface area (Å²) in [5.41, 5.74) is 1.03. The van der Waals surface area contributed by atoms with Gasteiger partial charge >= 0.3 is 0 Å². The minimum absolute atomic E-state index is 0. The van der Waals surface area contributed by atoms with Crippen LogP contribution in [0.5, 0.6) is 0 Å². The molecule has 1 aromatic carbocycles. The third-order valence-electron chi connectivity index (χ3n) is 4.80. The fourth-order valence-electron chi connectivity index (χ4n) is 3.15. The van der Waals surface area contributed by atoms with Gasteiger partial charge in [-0.2, -0.15) is 0 Å². The van der Waals surface area contributed by atoms with Gasteiger partial charge in [0.25, 0.3) is 0 Å². The molecule has 4 rings (SSSR count). The summed E-state index contributed by atoms with van der Waals surface area (Å²) in [7, 11) is 1.71. The molecule has 31 heavy (non-hydrogen) atoms. The Kier molecular flexibility index (Phi) is 7.99. The molecule has 1 unspecified atom stereocenters. The van der Waals surface area contributed by atoms with Gasteiger partial charge in [-0.3, -0.25) is 9.56 Å². The lowest BCUT2D eigenvalue weighted by atomic mass is 10.2. The summed E-state index contributed by atoms with van der Waals surface area (Å²) in [6, 6.07) is 14.2. The monoisotopic (exact) mass is 548 g/mol. The topological polar surface area (TPSA) is 87.4 Å². The number of aliphatic imine (C=N–C) groups is 1. The first-order chi connectivity index (χ1) is 14.6. The Hall–Kier alpha value is -2.50. The van der Waals surface area contributed by atoms with Gasteiger partial charge in [0.1, 0.15) is 17.7 Å². The van der Waals surface area contributed by atoms with Crippen LogP contribution in [-0.2, 0) is 6.54 Å². The highest BCUT2D eigenvalue weighted by molar-refractivity contribution is 14.0. The predicted octanol–water partition coefficient (Wildman–Crippen LogP) is 3.81. The van der Waals surface area contributed by atoms with Crippen molar-refractivity contribution in [2.45, 2.75) is 19.6 Å². The molecule has 0 amide bonds. The molecular formula is C22H25IN6OS. The van der Waals surface area contributed by atoms with Crippen molar-refractivity contribution in [3.63, 3.8) is 0 Å². The maximum Gasteiger partial charge on any atom is 0.191 e. The number of nitrogens with one attached hydrogen (secondary N) is 2. The van der Waals surface area contributed by atoms with Gasteiger partial charge in [0.05, 0.1) is 0 Å². The van der Waals surface area contributed by atoms with Crippen LogP contribution in [0.15, 0.2) is 66.0 Å². The van der Waals surface area contributed by atoms with Gasteiger partial charge < -0.3 is 15.7 Å². The molecule has 162 valence electrons. The molecule has 0 aliphatic carbocycles. The molecule has 0 spiro atoms. The molecule has 7 nitrogen and oxygen atoms in total. The summed E-state index contributed by atoms with van der Waals surface area (Å²) in [6.45, 7) is 2.90. The highest BCUT2D eigenvalue weighted by atomic mass is 127. The number of benzene rings is 1. The normalized spacial score (nSPS) is 12.4. The maximum absolute atomic E-state index is 10.5. The third-order valence-corrected chi connectivity index (χ3v) is 6.02. The van der Waals surface area contributed by atoms with Crippen molar-refractivity contribution in [2.75, 3.05) is 13.6 Å². The molecule has 3 aromatic heterocycles. The number of fused-ring (bicyclic) bond motifs is 1. The number of aromatic nitrogens is 3. The van der Waals surface area contributed by atoms with Crippen molar-refractivity contribution in [3.8, 4) is 5.82 Å². The van der Waals surface area contributed by atoms with Crippen LogP contribution < -0.4 is 10.6 Å². The van der Waals surface area contributed by atoms with E-state index in [4.69, 9.17) is 0 Å². The lowest BCUT2D eigenvalue weighted by Gasteiger charge is -2.14. The third kappa shape index (κ3) is 5.60. The summed E-state index contributed by atoms with van der Waals surface area (Å²) in [5.74, 6) is 2.36. The number of hydrogen-bond acceptors (Lipinski definition) is 5. The lowest BCUT2D eigenvalue weighted by molar-refractivity contribution is 0.184. The second-order valence-electron chi connectivity index (χ2n) is 6.88. The van der Waals surface area contributed by atoms with E-state index in [0.717, 1.165) is 27.5 Å². The fraction of sp³-hybridized carbons (Fsp3) is 0.227. The first-order valence-electron chi connectivity index (χ1n) is 9.70.